The van der Waals surface area contributed by atoms with Crippen LogP contribution in [0.3, 0.4) is 0 Å². The van der Waals surface area contributed by atoms with E-state index in [0.29, 0.717) is 0 Å². The summed E-state index contributed by atoms with van der Waals surface area (Å²) in [5.74, 6) is -0.0625. The van der Waals surface area contributed by atoms with E-state index in [1.807, 2.05) is 23.6 Å². The number of benzene rings is 3. The summed E-state index contributed by atoms with van der Waals surface area (Å²) in [7, 11) is 0. The van der Waals surface area contributed by atoms with Crippen LogP contribution in [-0.2, 0) is 24.9 Å². The Labute approximate surface area is 204 Å². The molecule has 0 aliphatic heterocycles. The molecule has 0 amide bonds. The molecule has 1 radical (unpaired) electrons. The number of allylic oxidation sites excluding steroid dienone is 2. The first-order valence-electron chi connectivity index (χ1n) is 10.00. The zero-order valence-corrected chi connectivity index (χ0v) is 21.2. The van der Waals surface area contributed by atoms with Gasteiger partial charge in [-0.05, 0) is 43.2 Å². The molecule has 0 aliphatic rings. The summed E-state index contributed by atoms with van der Waals surface area (Å²) < 4.78 is 2.59. The number of aryl methyl sites for hydroxylation is 1. The van der Waals surface area contributed by atoms with Crippen molar-refractivity contribution in [2.45, 2.75) is 20.8 Å². The Kier molecular flexibility index (Phi) is 7.57. The number of rotatable bonds is 2. The fourth-order valence-corrected chi connectivity index (χ4v) is 4.96. The van der Waals surface area contributed by atoms with Gasteiger partial charge in [-0.25, -0.2) is 0 Å². The van der Waals surface area contributed by atoms with Crippen LogP contribution in [0, 0.1) is 13.0 Å². The van der Waals surface area contributed by atoms with Crippen molar-refractivity contribution in [1.82, 2.24) is 4.98 Å². The Bertz CT molecular complexity index is 1440. The van der Waals surface area contributed by atoms with Crippen LogP contribution in [0.15, 0.2) is 78.7 Å². The molecule has 1 N–H and O–H groups in total. The molecule has 5 rings (SSSR count). The van der Waals surface area contributed by atoms with Gasteiger partial charge in [0.15, 0.2) is 5.78 Å². The average molecular weight is 617 g/mol. The Morgan fingerprint density at radius 2 is 1.69 bits per heavy atom. The number of carbonyl (C=O) groups excluding carboxylic acids is 1. The minimum absolute atomic E-state index is 0. The zero-order valence-electron chi connectivity index (χ0n) is 18.0. The number of aliphatic hydroxyl groups is 1. The summed E-state index contributed by atoms with van der Waals surface area (Å²) in [5, 5.41) is 13.4. The molecule has 5 heteroatoms. The van der Waals surface area contributed by atoms with Crippen molar-refractivity contribution in [1.29, 1.82) is 0 Å². The Hall–Kier alpha value is -2.85. The van der Waals surface area contributed by atoms with Crippen LogP contribution in [0.2, 0.25) is 0 Å². The third kappa shape index (κ3) is 4.81. The monoisotopic (exact) mass is 617 g/mol. The van der Waals surface area contributed by atoms with Gasteiger partial charge in [0.05, 0.1) is 5.76 Å². The molecule has 0 unspecified atom stereocenters. The number of nitrogens with zero attached hydrogens (tertiary/aromatic N) is 1. The van der Waals surface area contributed by atoms with Crippen molar-refractivity contribution >= 4 is 48.1 Å². The van der Waals surface area contributed by atoms with Crippen LogP contribution >= 0.6 is 11.3 Å². The molecule has 0 bridgehead atoms. The van der Waals surface area contributed by atoms with Crippen LogP contribution in [0.5, 0.6) is 0 Å². The normalized spacial score (nSPS) is 11.2. The molecule has 3 aromatic carbocycles. The maximum atomic E-state index is 10.0. The van der Waals surface area contributed by atoms with Crippen molar-refractivity contribution in [3.8, 4) is 11.3 Å². The molecule has 0 fully saturated rings. The molecule has 163 valence electrons. The van der Waals surface area contributed by atoms with Gasteiger partial charge in [0.1, 0.15) is 0 Å². The van der Waals surface area contributed by atoms with Crippen molar-refractivity contribution in [2.75, 3.05) is 0 Å². The van der Waals surface area contributed by atoms with Crippen molar-refractivity contribution in [3.05, 3.63) is 90.3 Å². The van der Waals surface area contributed by atoms with E-state index in [4.69, 9.17) is 10.1 Å². The second kappa shape index (κ2) is 10.2. The standard InChI is InChI=1S/C22H14NS.C5H8O2.Ir/c1-14-6-4-11-18-19-12-13-23-20(22(19)24-21(14)18)17-10-5-8-15-7-2-3-9-16(15)17;1-4(6)3-5(2)7;/h2-9,11-13H,1H3;3,6H,1-2H3;/q-1;;/b;4-3-;. The molecule has 2 heterocycles. The molecule has 2 aromatic heterocycles. The molecule has 0 atom stereocenters. The number of hydrogen-bond donors (Lipinski definition) is 1. The summed E-state index contributed by atoms with van der Waals surface area (Å²) in [4.78, 5) is 14.7. The van der Waals surface area contributed by atoms with Crippen LogP contribution in [0.25, 0.3) is 42.2 Å². The van der Waals surface area contributed by atoms with Crippen LogP contribution in [0.4, 0.5) is 0 Å². The number of hydrogen-bond acceptors (Lipinski definition) is 4. The number of fused-ring (bicyclic) bond motifs is 4. The van der Waals surface area contributed by atoms with E-state index in [0.717, 1.165) is 11.3 Å². The molecule has 0 aliphatic carbocycles. The third-order valence-corrected chi connectivity index (χ3v) is 6.34. The Morgan fingerprint density at radius 1 is 0.969 bits per heavy atom. The Balaban J connectivity index is 0.000000318. The molecular formula is C27H22IrNO2S-. The van der Waals surface area contributed by atoms with Crippen molar-refractivity contribution < 1.29 is 30.0 Å². The first-order valence-corrected chi connectivity index (χ1v) is 10.8. The molecule has 5 aromatic rings. The second-order valence-electron chi connectivity index (χ2n) is 7.43. The molecule has 3 nitrogen and oxygen atoms in total. The quantitative estimate of drug-likeness (QED) is 0.128. The third-order valence-electron chi connectivity index (χ3n) is 4.98. The zero-order chi connectivity index (χ0) is 22.0. The second-order valence-corrected chi connectivity index (χ2v) is 8.45. The SMILES string of the molecule is CC(=O)/C=C(/C)O.Cc1cccc2c1sc1c(-c3[c-]ccc4ccccc34)nccc12.[Ir]. The fourth-order valence-electron chi connectivity index (χ4n) is 3.70. The maximum absolute atomic E-state index is 10.0. The summed E-state index contributed by atoms with van der Waals surface area (Å²) in [6, 6.07) is 24.6. The molecule has 0 spiro atoms. The smallest absolute Gasteiger partial charge is 0.155 e. The van der Waals surface area contributed by atoms with Gasteiger partial charge in [0.2, 0.25) is 0 Å². The number of thiophene rings is 1. The summed E-state index contributed by atoms with van der Waals surface area (Å²) in [6.45, 7) is 5.02. The predicted octanol–water partition coefficient (Wildman–Crippen LogP) is 7.41. The topological polar surface area (TPSA) is 50.2 Å². The maximum Gasteiger partial charge on any atom is 0.155 e. The average Bonchev–Trinajstić information content (AvgIpc) is 3.13. The van der Waals surface area contributed by atoms with E-state index < -0.39 is 0 Å². The van der Waals surface area contributed by atoms with Crippen LogP contribution in [0.1, 0.15) is 19.4 Å². The van der Waals surface area contributed by atoms with Gasteiger partial charge in [-0.15, -0.1) is 40.5 Å². The predicted molar refractivity (Wildman–Crippen MR) is 131 cm³/mol. The molecule has 0 saturated carbocycles. The number of aliphatic hydroxyl groups excluding tert-OH is 1. The number of carbonyl (C=O) groups is 1. The van der Waals surface area contributed by atoms with Gasteiger partial charge in [-0.1, -0.05) is 47.9 Å². The first kappa shape index (κ1) is 23.8. The fraction of sp³-hybridized carbons (Fsp3) is 0.111. The van der Waals surface area contributed by atoms with E-state index >= 15 is 0 Å². The number of ketones is 1. The Morgan fingerprint density at radius 3 is 2.41 bits per heavy atom. The minimum Gasteiger partial charge on any atom is -0.512 e. The summed E-state index contributed by atoms with van der Waals surface area (Å²) >= 11 is 1.84. The first-order chi connectivity index (χ1) is 15.0. The van der Waals surface area contributed by atoms with Gasteiger partial charge >= 0.3 is 0 Å². The van der Waals surface area contributed by atoms with Crippen LogP contribution < -0.4 is 0 Å². The van der Waals surface area contributed by atoms with E-state index in [2.05, 4.69) is 67.6 Å². The van der Waals surface area contributed by atoms with Gasteiger partial charge in [-0.2, -0.15) is 0 Å². The van der Waals surface area contributed by atoms with E-state index in [-0.39, 0.29) is 31.6 Å². The molecule has 32 heavy (non-hydrogen) atoms. The number of pyridine rings is 1. The minimum atomic E-state index is -0.125. The summed E-state index contributed by atoms with van der Waals surface area (Å²) in [6.07, 6.45) is 3.09. The van der Waals surface area contributed by atoms with Gasteiger partial charge in [0, 0.05) is 47.5 Å². The van der Waals surface area contributed by atoms with E-state index in [1.54, 1.807) is 0 Å². The molecular weight excluding hydrogens is 595 g/mol. The van der Waals surface area contributed by atoms with E-state index in [1.165, 1.54) is 56.4 Å². The van der Waals surface area contributed by atoms with E-state index in [9.17, 15) is 4.79 Å². The van der Waals surface area contributed by atoms with Crippen LogP contribution in [-0.4, -0.2) is 15.9 Å². The molecule has 0 saturated heterocycles. The largest absolute Gasteiger partial charge is 0.512 e. The number of aromatic nitrogens is 1. The van der Waals surface area contributed by atoms with Crippen molar-refractivity contribution in [2.24, 2.45) is 0 Å². The summed E-state index contributed by atoms with van der Waals surface area (Å²) in [5.41, 5.74) is 3.44. The van der Waals surface area contributed by atoms with Crippen molar-refractivity contribution in [3.63, 3.8) is 0 Å². The van der Waals surface area contributed by atoms with Gasteiger partial charge in [-0.3, -0.25) is 4.79 Å². The van der Waals surface area contributed by atoms with Gasteiger partial charge in [0.25, 0.3) is 0 Å². The van der Waals surface area contributed by atoms with Gasteiger partial charge < -0.3 is 10.1 Å².